The highest BCUT2D eigenvalue weighted by atomic mass is 32.1. The third kappa shape index (κ3) is 2.71. The molecule has 0 saturated carbocycles. The van der Waals surface area contributed by atoms with E-state index >= 15 is 0 Å². The van der Waals surface area contributed by atoms with E-state index in [1.54, 1.807) is 11.3 Å². The zero-order valence-electron chi connectivity index (χ0n) is 11.8. The van der Waals surface area contributed by atoms with E-state index in [4.69, 9.17) is 14.6 Å². The lowest BCUT2D eigenvalue weighted by Crippen LogP contribution is -2.02. The number of carboxylic acids is 1. The Morgan fingerprint density at radius 2 is 2.19 bits per heavy atom. The molecule has 2 aromatic rings. The van der Waals surface area contributed by atoms with Crippen molar-refractivity contribution < 1.29 is 19.4 Å². The molecule has 0 fully saturated rings. The van der Waals surface area contributed by atoms with Crippen molar-refractivity contribution in [2.24, 2.45) is 0 Å². The van der Waals surface area contributed by atoms with Gasteiger partial charge in [0.05, 0.1) is 17.1 Å². The lowest BCUT2D eigenvalue weighted by atomic mass is 10.0. The van der Waals surface area contributed by atoms with Gasteiger partial charge in [-0.25, -0.2) is 4.98 Å². The molecule has 6 heteroatoms. The second-order valence-electron chi connectivity index (χ2n) is 5.01. The summed E-state index contributed by atoms with van der Waals surface area (Å²) in [7, 11) is 0. The SMILES string of the molecule is Cc1nc(-c2ccc3c(c2)OCO3)c(C(C)CC(=O)O)s1. The smallest absolute Gasteiger partial charge is 0.303 e. The zero-order valence-corrected chi connectivity index (χ0v) is 12.6. The van der Waals surface area contributed by atoms with Crippen LogP contribution in [0.5, 0.6) is 11.5 Å². The molecule has 0 spiro atoms. The highest BCUT2D eigenvalue weighted by molar-refractivity contribution is 7.12. The van der Waals surface area contributed by atoms with E-state index in [9.17, 15) is 4.79 Å². The molecule has 110 valence electrons. The minimum absolute atomic E-state index is 0.0749. The van der Waals surface area contributed by atoms with Gasteiger partial charge >= 0.3 is 5.97 Å². The summed E-state index contributed by atoms with van der Waals surface area (Å²) in [5.74, 6) is 0.556. The Hall–Kier alpha value is -2.08. The molecule has 21 heavy (non-hydrogen) atoms. The maximum atomic E-state index is 10.9. The van der Waals surface area contributed by atoms with Crippen LogP contribution in [0, 0.1) is 6.92 Å². The predicted octanol–water partition coefficient (Wildman–Crippen LogP) is 3.43. The topological polar surface area (TPSA) is 68.7 Å². The van der Waals surface area contributed by atoms with Gasteiger partial charge in [0.25, 0.3) is 0 Å². The van der Waals surface area contributed by atoms with E-state index in [1.165, 1.54) is 0 Å². The second-order valence-corrected chi connectivity index (χ2v) is 6.25. The fraction of sp³-hybridized carbons (Fsp3) is 0.333. The molecule has 1 aromatic carbocycles. The Kier molecular flexibility index (Phi) is 3.55. The third-order valence-corrected chi connectivity index (χ3v) is 4.54. The van der Waals surface area contributed by atoms with Gasteiger partial charge < -0.3 is 14.6 Å². The summed E-state index contributed by atoms with van der Waals surface area (Å²) in [5, 5.41) is 9.91. The number of aliphatic carboxylic acids is 1. The highest BCUT2D eigenvalue weighted by Crippen LogP contribution is 2.40. The van der Waals surface area contributed by atoms with E-state index in [1.807, 2.05) is 32.0 Å². The van der Waals surface area contributed by atoms with E-state index in [-0.39, 0.29) is 19.1 Å². The molecule has 0 radical (unpaired) electrons. The maximum absolute atomic E-state index is 10.9. The van der Waals surface area contributed by atoms with Crippen LogP contribution < -0.4 is 9.47 Å². The molecule has 1 N–H and O–H groups in total. The fourth-order valence-corrected chi connectivity index (χ4v) is 3.38. The molecule has 1 aromatic heterocycles. The second kappa shape index (κ2) is 5.37. The summed E-state index contributed by atoms with van der Waals surface area (Å²) in [6, 6.07) is 5.69. The Morgan fingerprint density at radius 3 is 2.95 bits per heavy atom. The lowest BCUT2D eigenvalue weighted by Gasteiger charge is -2.09. The van der Waals surface area contributed by atoms with Crippen molar-refractivity contribution in [3.8, 4) is 22.8 Å². The van der Waals surface area contributed by atoms with Crippen molar-refractivity contribution in [3.63, 3.8) is 0 Å². The van der Waals surface area contributed by atoms with Gasteiger partial charge in [0, 0.05) is 16.4 Å². The maximum Gasteiger partial charge on any atom is 0.303 e. The first-order valence-electron chi connectivity index (χ1n) is 6.63. The number of hydrogen-bond donors (Lipinski definition) is 1. The minimum Gasteiger partial charge on any atom is -0.481 e. The first-order chi connectivity index (χ1) is 10.0. The molecule has 0 aliphatic carbocycles. The quantitative estimate of drug-likeness (QED) is 0.937. The molecule has 0 bridgehead atoms. The Bertz CT molecular complexity index is 695. The van der Waals surface area contributed by atoms with E-state index in [0.29, 0.717) is 5.75 Å². The summed E-state index contributed by atoms with van der Waals surface area (Å²) in [6.45, 7) is 4.08. The predicted molar refractivity (Wildman–Crippen MR) is 79.1 cm³/mol. The summed E-state index contributed by atoms with van der Waals surface area (Å²) >= 11 is 1.55. The van der Waals surface area contributed by atoms with Crippen LogP contribution in [-0.2, 0) is 4.79 Å². The number of nitrogens with zero attached hydrogens (tertiary/aromatic N) is 1. The number of aromatic nitrogens is 1. The summed E-state index contributed by atoms with van der Waals surface area (Å²) in [5.41, 5.74) is 1.76. The van der Waals surface area contributed by atoms with Gasteiger partial charge in [-0.15, -0.1) is 11.3 Å². The number of carbonyl (C=O) groups is 1. The van der Waals surface area contributed by atoms with E-state index < -0.39 is 5.97 Å². The number of aryl methyl sites for hydroxylation is 1. The summed E-state index contributed by atoms with van der Waals surface area (Å²) in [6.07, 6.45) is 0.0964. The summed E-state index contributed by atoms with van der Waals surface area (Å²) < 4.78 is 10.7. The number of thiazole rings is 1. The minimum atomic E-state index is -0.801. The molecule has 1 unspecified atom stereocenters. The van der Waals surface area contributed by atoms with Crippen molar-refractivity contribution >= 4 is 17.3 Å². The zero-order chi connectivity index (χ0) is 15.0. The fourth-order valence-electron chi connectivity index (χ4n) is 2.38. The standard InChI is InChI=1S/C15H15NO4S/c1-8(5-13(17)18)15-14(16-9(2)21-15)10-3-4-11-12(6-10)20-7-19-11/h3-4,6,8H,5,7H2,1-2H3,(H,17,18). The van der Waals surface area contributed by atoms with Crippen LogP contribution in [-0.4, -0.2) is 22.9 Å². The number of hydrogen-bond acceptors (Lipinski definition) is 5. The highest BCUT2D eigenvalue weighted by Gasteiger charge is 2.21. The molecule has 1 aliphatic heterocycles. The van der Waals surface area contributed by atoms with Crippen molar-refractivity contribution in [2.45, 2.75) is 26.2 Å². The molecule has 1 aliphatic rings. The van der Waals surface area contributed by atoms with Crippen LogP contribution in [0.25, 0.3) is 11.3 Å². The van der Waals surface area contributed by atoms with Crippen molar-refractivity contribution in [2.75, 3.05) is 6.79 Å². The number of rotatable bonds is 4. The molecular weight excluding hydrogens is 290 g/mol. The van der Waals surface area contributed by atoms with Gasteiger partial charge in [-0.2, -0.15) is 0 Å². The number of ether oxygens (including phenoxy) is 2. The molecule has 1 atom stereocenters. The lowest BCUT2D eigenvalue weighted by molar-refractivity contribution is -0.137. The average Bonchev–Trinajstić information content (AvgIpc) is 3.02. The Labute approximate surface area is 126 Å². The van der Waals surface area contributed by atoms with Gasteiger partial charge in [0.15, 0.2) is 11.5 Å². The van der Waals surface area contributed by atoms with Crippen LogP contribution in [0.2, 0.25) is 0 Å². The van der Waals surface area contributed by atoms with Gasteiger partial charge in [0.1, 0.15) is 0 Å². The largest absolute Gasteiger partial charge is 0.481 e. The molecular formula is C15H15NO4S. The van der Waals surface area contributed by atoms with Crippen molar-refractivity contribution in [1.82, 2.24) is 4.98 Å². The Morgan fingerprint density at radius 1 is 1.43 bits per heavy atom. The van der Waals surface area contributed by atoms with Gasteiger partial charge in [-0.3, -0.25) is 4.79 Å². The Balaban J connectivity index is 2.00. The summed E-state index contributed by atoms with van der Waals surface area (Å²) in [4.78, 5) is 16.5. The monoisotopic (exact) mass is 305 g/mol. The third-order valence-electron chi connectivity index (χ3n) is 3.33. The van der Waals surface area contributed by atoms with Crippen LogP contribution in [0.3, 0.4) is 0 Å². The van der Waals surface area contributed by atoms with Crippen LogP contribution in [0.15, 0.2) is 18.2 Å². The van der Waals surface area contributed by atoms with Crippen LogP contribution in [0.4, 0.5) is 0 Å². The number of carboxylic acid groups (broad SMARTS) is 1. The molecule has 2 heterocycles. The van der Waals surface area contributed by atoms with Crippen molar-refractivity contribution in [3.05, 3.63) is 28.1 Å². The normalized spacial score (nSPS) is 14.2. The molecule has 3 rings (SSSR count). The van der Waals surface area contributed by atoms with Crippen LogP contribution in [0.1, 0.15) is 29.1 Å². The first kappa shape index (κ1) is 13.9. The van der Waals surface area contributed by atoms with E-state index in [0.717, 1.165) is 26.9 Å². The first-order valence-corrected chi connectivity index (χ1v) is 7.45. The van der Waals surface area contributed by atoms with Crippen molar-refractivity contribution in [1.29, 1.82) is 0 Å². The van der Waals surface area contributed by atoms with Crippen LogP contribution >= 0.6 is 11.3 Å². The molecule has 0 saturated heterocycles. The molecule has 5 nitrogen and oxygen atoms in total. The average molecular weight is 305 g/mol. The van der Waals surface area contributed by atoms with Gasteiger partial charge in [0.2, 0.25) is 6.79 Å². The van der Waals surface area contributed by atoms with Gasteiger partial charge in [-0.1, -0.05) is 6.92 Å². The molecule has 0 amide bonds. The number of fused-ring (bicyclic) bond motifs is 1. The van der Waals surface area contributed by atoms with E-state index in [2.05, 4.69) is 4.98 Å². The number of benzene rings is 1. The van der Waals surface area contributed by atoms with Gasteiger partial charge in [-0.05, 0) is 25.1 Å².